The predicted octanol–water partition coefficient (Wildman–Crippen LogP) is 3.58. The first-order valence-electron chi connectivity index (χ1n) is 5.72. The fourth-order valence-electron chi connectivity index (χ4n) is 1.82. The van der Waals surface area contributed by atoms with Crippen LogP contribution in [-0.2, 0) is 15.3 Å². The Hall–Kier alpha value is -1.23. The molecule has 0 spiro atoms. The summed E-state index contributed by atoms with van der Waals surface area (Å²) in [4.78, 5) is 5.47. The SMILES string of the molecule is COC(C)(OC)c1ccc(-c2scnc2C)cc1. The van der Waals surface area contributed by atoms with Gasteiger partial charge in [-0.05, 0) is 19.4 Å². The predicted molar refractivity (Wildman–Crippen MR) is 73.7 cm³/mol. The van der Waals surface area contributed by atoms with Crippen LogP contribution in [0.5, 0.6) is 0 Å². The summed E-state index contributed by atoms with van der Waals surface area (Å²) in [5, 5.41) is 0. The maximum atomic E-state index is 5.40. The van der Waals surface area contributed by atoms with Gasteiger partial charge in [-0.2, -0.15) is 0 Å². The lowest BCUT2D eigenvalue weighted by molar-refractivity contribution is -0.201. The van der Waals surface area contributed by atoms with Crippen molar-refractivity contribution >= 4 is 11.3 Å². The molecule has 1 heterocycles. The molecule has 0 bridgehead atoms. The number of nitrogens with zero attached hydrogens (tertiary/aromatic N) is 1. The molecule has 18 heavy (non-hydrogen) atoms. The Morgan fingerprint density at radius 2 is 1.72 bits per heavy atom. The van der Waals surface area contributed by atoms with E-state index >= 15 is 0 Å². The van der Waals surface area contributed by atoms with E-state index < -0.39 is 5.79 Å². The molecule has 0 N–H and O–H groups in total. The quantitative estimate of drug-likeness (QED) is 0.790. The fourth-order valence-corrected chi connectivity index (χ4v) is 2.63. The summed E-state index contributed by atoms with van der Waals surface area (Å²) in [6.45, 7) is 3.92. The lowest BCUT2D eigenvalue weighted by Gasteiger charge is -2.26. The van der Waals surface area contributed by atoms with Crippen LogP contribution >= 0.6 is 11.3 Å². The molecule has 0 atom stereocenters. The van der Waals surface area contributed by atoms with E-state index in [1.54, 1.807) is 25.6 Å². The second kappa shape index (κ2) is 5.18. The third-order valence-electron chi connectivity index (χ3n) is 3.20. The summed E-state index contributed by atoms with van der Waals surface area (Å²) in [5.41, 5.74) is 5.10. The van der Waals surface area contributed by atoms with E-state index in [0.29, 0.717) is 0 Å². The third kappa shape index (κ3) is 2.32. The highest BCUT2D eigenvalue weighted by Crippen LogP contribution is 2.30. The number of rotatable bonds is 4. The standard InChI is InChI=1S/C14H17NO2S/c1-10-13(18-9-15-10)11-5-7-12(8-6-11)14(2,16-3)17-4/h5-9H,1-4H3. The highest BCUT2D eigenvalue weighted by atomic mass is 32.1. The first kappa shape index (κ1) is 13.2. The molecule has 4 heteroatoms. The van der Waals surface area contributed by atoms with Crippen LogP contribution in [0.2, 0.25) is 0 Å². The van der Waals surface area contributed by atoms with Crippen LogP contribution < -0.4 is 0 Å². The zero-order chi connectivity index (χ0) is 13.2. The molecule has 0 unspecified atom stereocenters. The molecule has 0 fully saturated rings. The zero-order valence-corrected chi connectivity index (χ0v) is 11.9. The van der Waals surface area contributed by atoms with Gasteiger partial charge in [-0.25, -0.2) is 4.98 Å². The average molecular weight is 263 g/mol. The van der Waals surface area contributed by atoms with Crippen LogP contribution in [0.3, 0.4) is 0 Å². The van der Waals surface area contributed by atoms with Crippen molar-refractivity contribution in [3.8, 4) is 10.4 Å². The number of thiazole rings is 1. The van der Waals surface area contributed by atoms with Crippen molar-refractivity contribution in [2.24, 2.45) is 0 Å². The van der Waals surface area contributed by atoms with Gasteiger partial charge in [-0.1, -0.05) is 24.3 Å². The molecule has 0 amide bonds. The molecule has 96 valence electrons. The van der Waals surface area contributed by atoms with Crippen molar-refractivity contribution in [1.82, 2.24) is 4.98 Å². The molecule has 0 aliphatic carbocycles. The summed E-state index contributed by atoms with van der Waals surface area (Å²) >= 11 is 1.65. The van der Waals surface area contributed by atoms with Gasteiger partial charge in [-0.15, -0.1) is 11.3 Å². The molecule has 1 aromatic carbocycles. The highest BCUT2D eigenvalue weighted by Gasteiger charge is 2.25. The number of aryl methyl sites for hydroxylation is 1. The molecule has 1 aromatic heterocycles. The number of hydrogen-bond acceptors (Lipinski definition) is 4. The largest absolute Gasteiger partial charge is 0.349 e. The van der Waals surface area contributed by atoms with E-state index in [2.05, 4.69) is 17.1 Å². The first-order valence-corrected chi connectivity index (χ1v) is 6.60. The Bertz CT molecular complexity index is 515. The normalized spacial score (nSPS) is 11.8. The van der Waals surface area contributed by atoms with Gasteiger partial charge in [0, 0.05) is 19.8 Å². The molecular weight excluding hydrogens is 246 g/mol. The zero-order valence-electron chi connectivity index (χ0n) is 11.1. The van der Waals surface area contributed by atoms with Crippen molar-refractivity contribution in [3.05, 3.63) is 41.0 Å². The van der Waals surface area contributed by atoms with Crippen molar-refractivity contribution in [2.45, 2.75) is 19.6 Å². The smallest absolute Gasteiger partial charge is 0.191 e. The van der Waals surface area contributed by atoms with E-state index in [1.165, 1.54) is 10.4 Å². The number of aromatic nitrogens is 1. The Morgan fingerprint density at radius 1 is 1.11 bits per heavy atom. The minimum atomic E-state index is -0.693. The van der Waals surface area contributed by atoms with Gasteiger partial charge in [-0.3, -0.25) is 0 Å². The summed E-state index contributed by atoms with van der Waals surface area (Å²) in [5.74, 6) is -0.693. The average Bonchev–Trinajstić information content (AvgIpc) is 2.84. The lowest BCUT2D eigenvalue weighted by Crippen LogP contribution is -2.26. The molecule has 2 aromatic rings. The number of benzene rings is 1. The highest BCUT2D eigenvalue weighted by molar-refractivity contribution is 7.13. The van der Waals surface area contributed by atoms with E-state index in [-0.39, 0.29) is 0 Å². The van der Waals surface area contributed by atoms with Crippen LogP contribution in [0.4, 0.5) is 0 Å². The van der Waals surface area contributed by atoms with Crippen molar-refractivity contribution < 1.29 is 9.47 Å². The maximum Gasteiger partial charge on any atom is 0.191 e. The van der Waals surface area contributed by atoms with E-state index in [9.17, 15) is 0 Å². The van der Waals surface area contributed by atoms with Crippen molar-refractivity contribution in [1.29, 1.82) is 0 Å². The van der Waals surface area contributed by atoms with Gasteiger partial charge in [0.2, 0.25) is 0 Å². The molecular formula is C14H17NO2S. The minimum absolute atomic E-state index is 0.693. The molecule has 2 rings (SSSR count). The molecule has 0 saturated heterocycles. The summed E-state index contributed by atoms with van der Waals surface area (Å²) in [6.07, 6.45) is 0. The molecule has 0 radical (unpaired) electrons. The minimum Gasteiger partial charge on any atom is -0.349 e. The third-order valence-corrected chi connectivity index (χ3v) is 4.17. The van der Waals surface area contributed by atoms with E-state index in [4.69, 9.17) is 9.47 Å². The number of hydrogen-bond donors (Lipinski definition) is 0. The summed E-state index contributed by atoms with van der Waals surface area (Å²) in [6, 6.07) is 8.21. The maximum absolute atomic E-state index is 5.40. The lowest BCUT2D eigenvalue weighted by atomic mass is 10.0. The molecule has 0 saturated carbocycles. The van der Waals surface area contributed by atoms with Gasteiger partial charge in [0.15, 0.2) is 5.79 Å². The summed E-state index contributed by atoms with van der Waals surface area (Å²) < 4.78 is 10.8. The van der Waals surface area contributed by atoms with Gasteiger partial charge in [0.05, 0.1) is 16.1 Å². The summed E-state index contributed by atoms with van der Waals surface area (Å²) in [7, 11) is 3.29. The Balaban J connectivity index is 2.34. The van der Waals surface area contributed by atoms with Gasteiger partial charge < -0.3 is 9.47 Å². The van der Waals surface area contributed by atoms with Gasteiger partial charge in [0.1, 0.15) is 0 Å². The molecule has 0 aliphatic rings. The Labute approximate surface area is 111 Å². The van der Waals surface area contributed by atoms with Crippen LogP contribution in [0.25, 0.3) is 10.4 Å². The van der Waals surface area contributed by atoms with Gasteiger partial charge >= 0.3 is 0 Å². The topological polar surface area (TPSA) is 31.4 Å². The van der Waals surface area contributed by atoms with Gasteiger partial charge in [0.25, 0.3) is 0 Å². The second-order valence-corrected chi connectivity index (χ2v) is 5.05. The monoisotopic (exact) mass is 263 g/mol. The Kier molecular flexibility index (Phi) is 3.80. The van der Waals surface area contributed by atoms with Crippen molar-refractivity contribution in [3.63, 3.8) is 0 Å². The Morgan fingerprint density at radius 3 is 2.17 bits per heavy atom. The second-order valence-electron chi connectivity index (χ2n) is 4.20. The van der Waals surface area contributed by atoms with Crippen LogP contribution in [0.15, 0.2) is 29.8 Å². The van der Waals surface area contributed by atoms with E-state index in [0.717, 1.165) is 11.3 Å². The number of ether oxygens (including phenoxy) is 2. The van der Waals surface area contributed by atoms with Crippen LogP contribution in [0, 0.1) is 6.92 Å². The van der Waals surface area contributed by atoms with E-state index in [1.807, 2.05) is 31.5 Å². The van der Waals surface area contributed by atoms with Crippen molar-refractivity contribution in [2.75, 3.05) is 14.2 Å². The van der Waals surface area contributed by atoms with Crippen LogP contribution in [0.1, 0.15) is 18.2 Å². The first-order chi connectivity index (χ1) is 8.60. The fraction of sp³-hybridized carbons (Fsp3) is 0.357. The van der Waals surface area contributed by atoms with Crippen LogP contribution in [-0.4, -0.2) is 19.2 Å². The molecule has 0 aliphatic heterocycles. The molecule has 3 nitrogen and oxygen atoms in total. The number of methoxy groups -OCH3 is 2.